The second-order valence-electron chi connectivity index (χ2n) is 18.3. The highest BCUT2D eigenvalue weighted by Gasteiger charge is 2.44. The van der Waals surface area contributed by atoms with E-state index in [9.17, 15) is 30.3 Å². The van der Waals surface area contributed by atoms with Gasteiger partial charge in [-0.25, -0.2) is 0 Å². The van der Waals surface area contributed by atoms with E-state index < -0.39 is 49.5 Å². The fourth-order valence-electron chi connectivity index (χ4n) is 8.37. The van der Waals surface area contributed by atoms with Crippen LogP contribution in [0.2, 0.25) is 0 Å². The minimum atomic E-state index is -1.55. The summed E-state index contributed by atoms with van der Waals surface area (Å²) in [6, 6.07) is -0.717. The molecular formula is C52H99NO8. The Hall–Kier alpha value is -1.33. The second kappa shape index (κ2) is 42.6. The van der Waals surface area contributed by atoms with Crippen LogP contribution in [0.15, 0.2) is 24.3 Å². The molecule has 0 aliphatic carbocycles. The lowest BCUT2D eigenvalue weighted by molar-refractivity contribution is -0.302. The molecule has 1 aliphatic rings. The van der Waals surface area contributed by atoms with E-state index in [4.69, 9.17) is 9.47 Å². The predicted molar refractivity (Wildman–Crippen MR) is 253 cm³/mol. The van der Waals surface area contributed by atoms with Crippen LogP contribution in [-0.2, 0) is 14.3 Å². The first-order valence-corrected chi connectivity index (χ1v) is 26.0. The molecule has 7 atom stereocenters. The number of allylic oxidation sites excluding steroid dienone is 4. The summed E-state index contributed by atoms with van der Waals surface area (Å²) >= 11 is 0. The third-order valence-corrected chi connectivity index (χ3v) is 12.6. The zero-order chi connectivity index (χ0) is 44.4. The van der Waals surface area contributed by atoms with Gasteiger partial charge in [0.05, 0.1) is 25.4 Å². The Morgan fingerprint density at radius 1 is 0.557 bits per heavy atom. The number of hydrogen-bond donors (Lipinski definition) is 6. The number of ether oxygens (including phenoxy) is 2. The van der Waals surface area contributed by atoms with Gasteiger partial charge < -0.3 is 40.3 Å². The lowest BCUT2D eigenvalue weighted by Gasteiger charge is -2.40. The van der Waals surface area contributed by atoms with E-state index in [1.807, 2.05) is 0 Å². The van der Waals surface area contributed by atoms with Gasteiger partial charge in [0.25, 0.3) is 0 Å². The fourth-order valence-corrected chi connectivity index (χ4v) is 8.37. The fraction of sp³-hybridized carbons (Fsp3) is 0.904. The summed E-state index contributed by atoms with van der Waals surface area (Å²) in [6.45, 7) is 3.83. The maximum Gasteiger partial charge on any atom is 0.220 e. The molecule has 7 unspecified atom stereocenters. The molecule has 61 heavy (non-hydrogen) atoms. The Labute approximate surface area is 375 Å². The molecule has 6 N–H and O–H groups in total. The van der Waals surface area contributed by atoms with E-state index in [1.54, 1.807) is 0 Å². The van der Waals surface area contributed by atoms with Crippen molar-refractivity contribution in [2.45, 2.75) is 288 Å². The molecule has 0 bridgehead atoms. The van der Waals surface area contributed by atoms with Crippen LogP contribution < -0.4 is 5.32 Å². The first-order valence-electron chi connectivity index (χ1n) is 26.0. The van der Waals surface area contributed by atoms with Crippen molar-refractivity contribution in [1.82, 2.24) is 5.32 Å². The minimum absolute atomic E-state index is 0.137. The lowest BCUT2D eigenvalue weighted by Crippen LogP contribution is -2.60. The third kappa shape index (κ3) is 32.9. The summed E-state index contributed by atoms with van der Waals surface area (Å²) in [5.41, 5.74) is 0. The average Bonchev–Trinajstić information content (AvgIpc) is 3.26. The number of aliphatic hydroxyl groups is 5. The van der Waals surface area contributed by atoms with Crippen LogP contribution in [-0.4, -0.2) is 87.5 Å². The van der Waals surface area contributed by atoms with Crippen molar-refractivity contribution in [2.24, 2.45) is 0 Å². The van der Waals surface area contributed by atoms with Crippen molar-refractivity contribution in [3.05, 3.63) is 24.3 Å². The first-order chi connectivity index (χ1) is 29.8. The lowest BCUT2D eigenvalue weighted by atomic mass is 9.99. The standard InChI is InChI=1S/C52H99NO8/c1-3-5-7-9-11-13-15-16-17-18-19-20-21-22-23-24-25-26-27-28-29-30-32-34-36-38-40-42-48(56)53-45(44-60-52-51(59)50(58)49(57)47(43-54)61-52)46(55)41-39-37-35-33-31-14-12-10-8-6-4-2/h19-20,22-23,45-47,49-52,54-55,57-59H,3-18,21,24-44H2,1-2H3,(H,53,56)/b20-19-,23-22-. The topological polar surface area (TPSA) is 149 Å². The maximum absolute atomic E-state index is 13.0. The molecule has 0 spiro atoms. The number of nitrogens with one attached hydrogen (secondary N) is 1. The molecule has 0 saturated carbocycles. The van der Waals surface area contributed by atoms with Gasteiger partial charge >= 0.3 is 0 Å². The maximum atomic E-state index is 13.0. The van der Waals surface area contributed by atoms with E-state index in [-0.39, 0.29) is 12.5 Å². The van der Waals surface area contributed by atoms with E-state index >= 15 is 0 Å². The Morgan fingerprint density at radius 3 is 1.41 bits per heavy atom. The molecular weight excluding hydrogens is 767 g/mol. The molecule has 0 radical (unpaired) electrons. The molecule has 1 amide bonds. The summed E-state index contributed by atoms with van der Waals surface area (Å²) in [6.07, 6.45) is 44.9. The third-order valence-electron chi connectivity index (χ3n) is 12.6. The Morgan fingerprint density at radius 2 is 0.967 bits per heavy atom. The number of aliphatic hydroxyl groups excluding tert-OH is 5. The predicted octanol–water partition coefficient (Wildman–Crippen LogP) is 11.8. The zero-order valence-corrected chi connectivity index (χ0v) is 39.7. The molecule has 1 rings (SSSR count). The molecule has 1 aliphatic heterocycles. The molecule has 0 aromatic rings. The molecule has 0 aromatic carbocycles. The van der Waals surface area contributed by atoms with Crippen molar-refractivity contribution in [2.75, 3.05) is 13.2 Å². The Balaban J connectivity index is 2.18. The normalized spacial score (nSPS) is 20.5. The number of hydrogen-bond acceptors (Lipinski definition) is 8. The Kier molecular flexibility index (Phi) is 40.3. The highest BCUT2D eigenvalue weighted by molar-refractivity contribution is 5.76. The molecule has 9 heteroatoms. The molecule has 1 fully saturated rings. The number of rotatable bonds is 44. The van der Waals surface area contributed by atoms with Crippen LogP contribution in [0, 0.1) is 0 Å². The van der Waals surface area contributed by atoms with Gasteiger partial charge in [0.15, 0.2) is 6.29 Å². The first kappa shape index (κ1) is 57.7. The van der Waals surface area contributed by atoms with Crippen LogP contribution in [0.4, 0.5) is 0 Å². The van der Waals surface area contributed by atoms with Crippen LogP contribution in [0.1, 0.15) is 245 Å². The number of unbranched alkanes of at least 4 members (excludes halogenated alkanes) is 30. The largest absolute Gasteiger partial charge is 0.394 e. The smallest absolute Gasteiger partial charge is 0.220 e. The average molecular weight is 866 g/mol. The summed E-state index contributed by atoms with van der Waals surface area (Å²) < 4.78 is 11.3. The van der Waals surface area contributed by atoms with Gasteiger partial charge in [0, 0.05) is 6.42 Å². The monoisotopic (exact) mass is 866 g/mol. The molecule has 1 heterocycles. The van der Waals surface area contributed by atoms with Crippen LogP contribution in [0.25, 0.3) is 0 Å². The zero-order valence-electron chi connectivity index (χ0n) is 39.7. The van der Waals surface area contributed by atoms with Gasteiger partial charge in [-0.15, -0.1) is 0 Å². The van der Waals surface area contributed by atoms with Gasteiger partial charge in [0.2, 0.25) is 5.91 Å². The highest BCUT2D eigenvalue weighted by atomic mass is 16.7. The van der Waals surface area contributed by atoms with E-state index in [2.05, 4.69) is 43.5 Å². The number of carbonyl (C=O) groups excluding carboxylic acids is 1. The molecule has 0 aromatic heterocycles. The highest BCUT2D eigenvalue weighted by Crippen LogP contribution is 2.23. The van der Waals surface area contributed by atoms with Crippen LogP contribution in [0.3, 0.4) is 0 Å². The summed E-state index contributed by atoms with van der Waals surface area (Å²) in [7, 11) is 0. The van der Waals surface area contributed by atoms with Gasteiger partial charge in [0.1, 0.15) is 24.4 Å². The van der Waals surface area contributed by atoms with Crippen LogP contribution >= 0.6 is 0 Å². The van der Waals surface area contributed by atoms with E-state index in [0.29, 0.717) is 12.8 Å². The summed E-state index contributed by atoms with van der Waals surface area (Å²) in [4.78, 5) is 13.0. The molecule has 1 saturated heterocycles. The van der Waals surface area contributed by atoms with Gasteiger partial charge in [-0.2, -0.15) is 0 Å². The van der Waals surface area contributed by atoms with Gasteiger partial charge in [-0.3, -0.25) is 4.79 Å². The molecule has 9 nitrogen and oxygen atoms in total. The number of carbonyl (C=O) groups is 1. The van der Waals surface area contributed by atoms with E-state index in [0.717, 1.165) is 44.9 Å². The van der Waals surface area contributed by atoms with Crippen molar-refractivity contribution in [3.8, 4) is 0 Å². The summed E-state index contributed by atoms with van der Waals surface area (Å²) in [5.74, 6) is -0.146. The van der Waals surface area contributed by atoms with Gasteiger partial charge in [-0.05, 0) is 44.9 Å². The van der Waals surface area contributed by atoms with Crippen LogP contribution in [0.5, 0.6) is 0 Å². The quantitative estimate of drug-likeness (QED) is 0.0262. The minimum Gasteiger partial charge on any atom is -0.394 e. The van der Waals surface area contributed by atoms with Gasteiger partial charge in [-0.1, -0.05) is 218 Å². The van der Waals surface area contributed by atoms with Crippen molar-refractivity contribution < 1.29 is 39.8 Å². The SMILES string of the molecule is CCCCCCCCCCC/C=C\C/C=C\CCCCCCCCCCCCCC(=O)NC(COC1OC(CO)C(O)C(O)C1O)C(O)CCCCCCCCCCCCC. The number of amides is 1. The van der Waals surface area contributed by atoms with E-state index in [1.165, 1.54) is 173 Å². The van der Waals surface area contributed by atoms with Crippen molar-refractivity contribution in [3.63, 3.8) is 0 Å². The van der Waals surface area contributed by atoms with Crippen molar-refractivity contribution in [1.29, 1.82) is 0 Å². The Bertz CT molecular complexity index is 1010. The molecule has 360 valence electrons. The summed E-state index contributed by atoms with van der Waals surface area (Å²) in [5, 5.41) is 54.4. The van der Waals surface area contributed by atoms with Crippen molar-refractivity contribution >= 4 is 5.91 Å². The second-order valence-corrected chi connectivity index (χ2v) is 18.3.